The number of carbonyl (C=O) groups is 1. The zero-order valence-electron chi connectivity index (χ0n) is 21.5. The first-order valence-electron chi connectivity index (χ1n) is 11.6. The molecule has 0 aliphatic carbocycles. The molecule has 5 nitrogen and oxygen atoms in total. The monoisotopic (exact) mass is 608 g/mol. The molecule has 0 aromatic heterocycles. The second-order valence-corrected chi connectivity index (χ2v) is 14.2. The first-order chi connectivity index (χ1) is 18.4. The molecule has 3 aromatic rings. The number of hydrogen-bond donors (Lipinski definition) is 0. The van der Waals surface area contributed by atoms with Gasteiger partial charge in [0.1, 0.15) is 5.75 Å². The van der Waals surface area contributed by atoms with Crippen LogP contribution in [0.15, 0.2) is 106 Å². The predicted molar refractivity (Wildman–Crippen MR) is 137 cm³/mol. The molecular formula is C27H26F6O5S2. The summed E-state index contributed by atoms with van der Waals surface area (Å²) in [5.74, 6) is -4.65. The summed E-state index contributed by atoms with van der Waals surface area (Å²) < 4.78 is 122. The van der Waals surface area contributed by atoms with E-state index in [2.05, 4.69) is 4.74 Å². The summed E-state index contributed by atoms with van der Waals surface area (Å²) in [6.07, 6.45) is -12.7. The molecule has 13 heteroatoms. The van der Waals surface area contributed by atoms with E-state index < -0.39 is 55.5 Å². The van der Waals surface area contributed by atoms with E-state index in [1.54, 1.807) is 18.2 Å². The Morgan fingerprint density at radius 1 is 0.650 bits per heavy atom. The SMILES string of the molecule is CC(C)(C)C(=O)OC(CS(=O)(=O)OS(c1ccccc1)(c1ccccc1)c1ccccc1)(C(F)(F)F)C(F)(F)F. The molecule has 0 radical (unpaired) electrons. The van der Waals surface area contributed by atoms with Crippen LogP contribution >= 0.6 is 10.3 Å². The third kappa shape index (κ3) is 6.31. The Kier molecular flexibility index (Phi) is 8.74. The van der Waals surface area contributed by atoms with Gasteiger partial charge >= 0.3 is 23.9 Å². The van der Waals surface area contributed by atoms with Gasteiger partial charge in [-0.05, 0) is 67.5 Å². The molecule has 3 aromatic carbocycles. The fourth-order valence-corrected chi connectivity index (χ4v) is 9.27. The number of carbonyl (C=O) groups excluding carboxylic acids is 1. The fourth-order valence-electron chi connectivity index (χ4n) is 3.57. The molecule has 0 aliphatic rings. The fraction of sp³-hybridized carbons (Fsp3) is 0.296. The van der Waals surface area contributed by atoms with Gasteiger partial charge in [-0.25, -0.2) is 3.63 Å². The van der Waals surface area contributed by atoms with E-state index >= 15 is 0 Å². The van der Waals surface area contributed by atoms with Gasteiger partial charge in [-0.15, -0.1) is 0 Å². The van der Waals surface area contributed by atoms with Gasteiger partial charge in [-0.2, -0.15) is 34.8 Å². The average molecular weight is 609 g/mol. The van der Waals surface area contributed by atoms with E-state index in [0.29, 0.717) is 0 Å². The molecule has 0 heterocycles. The second-order valence-electron chi connectivity index (χ2n) is 9.73. The zero-order valence-corrected chi connectivity index (χ0v) is 23.1. The van der Waals surface area contributed by atoms with Crippen molar-refractivity contribution in [1.29, 1.82) is 0 Å². The summed E-state index contributed by atoms with van der Waals surface area (Å²) in [6, 6.07) is 22.7. The summed E-state index contributed by atoms with van der Waals surface area (Å²) in [7, 11) is -9.25. The molecule has 3 rings (SSSR count). The van der Waals surface area contributed by atoms with Crippen molar-refractivity contribution in [2.75, 3.05) is 5.75 Å². The lowest BCUT2D eigenvalue weighted by Gasteiger charge is -2.41. The minimum Gasteiger partial charge on any atom is -0.438 e. The van der Waals surface area contributed by atoms with Gasteiger partial charge in [0.15, 0.2) is 0 Å². The van der Waals surface area contributed by atoms with Crippen molar-refractivity contribution in [3.63, 3.8) is 0 Å². The van der Waals surface area contributed by atoms with Gasteiger partial charge in [0.2, 0.25) is 0 Å². The quantitative estimate of drug-likeness (QED) is 0.194. The van der Waals surface area contributed by atoms with E-state index in [9.17, 15) is 39.6 Å². The van der Waals surface area contributed by atoms with E-state index in [1.165, 1.54) is 72.8 Å². The summed E-state index contributed by atoms with van der Waals surface area (Å²) >= 11 is 0. The molecule has 0 bridgehead atoms. The van der Waals surface area contributed by atoms with Crippen LogP contribution in [0.25, 0.3) is 0 Å². The molecular weight excluding hydrogens is 582 g/mol. The van der Waals surface area contributed by atoms with E-state index in [4.69, 9.17) is 3.63 Å². The number of benzene rings is 3. The molecule has 0 saturated carbocycles. The van der Waals surface area contributed by atoms with Crippen LogP contribution in [0, 0.1) is 5.41 Å². The van der Waals surface area contributed by atoms with Crippen molar-refractivity contribution in [3.8, 4) is 0 Å². The summed E-state index contributed by atoms with van der Waals surface area (Å²) in [6.45, 7) is 3.10. The first kappa shape index (κ1) is 31.5. The van der Waals surface area contributed by atoms with Gasteiger partial charge in [-0.3, -0.25) is 4.79 Å². The molecule has 0 saturated heterocycles. The highest BCUT2D eigenvalue weighted by molar-refractivity contribution is 8.33. The van der Waals surface area contributed by atoms with Crippen LogP contribution in [0.2, 0.25) is 0 Å². The lowest BCUT2D eigenvalue weighted by Crippen LogP contribution is -2.64. The largest absolute Gasteiger partial charge is 0.438 e. The molecule has 0 spiro atoms. The summed E-state index contributed by atoms with van der Waals surface area (Å²) in [4.78, 5) is 12.9. The van der Waals surface area contributed by atoms with Gasteiger partial charge < -0.3 is 4.74 Å². The molecule has 0 unspecified atom stereocenters. The van der Waals surface area contributed by atoms with Crippen LogP contribution in [0.3, 0.4) is 0 Å². The maximum absolute atomic E-state index is 14.2. The predicted octanol–water partition coefficient (Wildman–Crippen LogP) is 7.68. The second kappa shape index (κ2) is 11.1. The Morgan fingerprint density at radius 3 is 1.25 bits per heavy atom. The number of halogens is 6. The maximum atomic E-state index is 14.2. The van der Waals surface area contributed by atoms with Gasteiger partial charge in [0, 0.05) is 14.7 Å². The molecule has 0 N–H and O–H groups in total. The third-order valence-electron chi connectivity index (χ3n) is 5.61. The van der Waals surface area contributed by atoms with Crippen molar-refractivity contribution >= 4 is 26.4 Å². The zero-order chi connectivity index (χ0) is 30.0. The van der Waals surface area contributed by atoms with Crippen molar-refractivity contribution in [2.45, 2.75) is 53.4 Å². The minimum atomic E-state index is -6.37. The molecule has 0 aliphatic heterocycles. The Balaban J connectivity index is 2.30. The number of rotatable bonds is 8. The molecule has 218 valence electrons. The van der Waals surface area contributed by atoms with E-state index in [-0.39, 0.29) is 14.7 Å². The minimum absolute atomic E-state index is 0.187. The van der Waals surface area contributed by atoms with Crippen molar-refractivity contribution in [3.05, 3.63) is 91.0 Å². The summed E-state index contributed by atoms with van der Waals surface area (Å²) in [5, 5.41) is 0. The van der Waals surface area contributed by atoms with E-state index in [0.717, 1.165) is 20.8 Å². The average Bonchev–Trinajstić information content (AvgIpc) is 2.86. The normalized spacial score (nSPS) is 14.0. The number of esters is 1. The lowest BCUT2D eigenvalue weighted by atomic mass is 9.96. The highest BCUT2D eigenvalue weighted by atomic mass is 32.3. The van der Waals surface area contributed by atoms with E-state index in [1.807, 2.05) is 0 Å². The number of alkyl halides is 6. The smallest absolute Gasteiger partial charge is 0.438 e. The van der Waals surface area contributed by atoms with Crippen molar-refractivity contribution < 1.29 is 47.9 Å². The third-order valence-corrected chi connectivity index (χ3v) is 10.8. The van der Waals surface area contributed by atoms with Gasteiger partial charge in [0.25, 0.3) is 10.1 Å². The van der Waals surface area contributed by atoms with Crippen molar-refractivity contribution in [1.82, 2.24) is 0 Å². The molecule has 0 atom stereocenters. The Bertz CT molecular complexity index is 1290. The molecule has 40 heavy (non-hydrogen) atoms. The topological polar surface area (TPSA) is 69.7 Å². The highest BCUT2D eigenvalue weighted by Crippen LogP contribution is 2.70. The van der Waals surface area contributed by atoms with Gasteiger partial charge in [-0.1, -0.05) is 54.6 Å². The standard InChI is InChI=1S/C27H26F6O5S2/c1-24(2,3)23(34)37-25(26(28,29)30,27(31,32)33)19-39(35,36)38-40(20-13-7-4-8-14-20,21-15-9-5-10-16-21)22-17-11-6-12-18-22/h4-18H,19H2,1-3H3. The maximum Gasteiger partial charge on any atom is 0.438 e. The summed E-state index contributed by atoms with van der Waals surface area (Å²) in [5.41, 5.74) is -7.22. The molecule has 0 fully saturated rings. The lowest BCUT2D eigenvalue weighted by molar-refractivity contribution is -0.362. The number of hydrogen-bond acceptors (Lipinski definition) is 5. The highest BCUT2D eigenvalue weighted by Gasteiger charge is 2.76. The van der Waals surface area contributed by atoms with Crippen LogP contribution in [0.4, 0.5) is 26.3 Å². The Labute approximate surface area is 229 Å². The van der Waals surface area contributed by atoms with Crippen LogP contribution in [0.5, 0.6) is 0 Å². The Morgan fingerprint density at radius 2 is 0.975 bits per heavy atom. The van der Waals surface area contributed by atoms with Gasteiger partial charge in [0.05, 0.1) is 5.41 Å². The first-order valence-corrected chi connectivity index (χ1v) is 14.8. The Hall–Kier alpha value is -3.03. The van der Waals surface area contributed by atoms with Crippen LogP contribution in [-0.4, -0.2) is 38.1 Å². The molecule has 0 amide bonds. The van der Waals surface area contributed by atoms with Crippen molar-refractivity contribution in [2.24, 2.45) is 5.41 Å². The van der Waals surface area contributed by atoms with Crippen LogP contribution in [0.1, 0.15) is 20.8 Å². The van der Waals surface area contributed by atoms with Crippen LogP contribution in [-0.2, 0) is 23.3 Å². The van der Waals surface area contributed by atoms with Crippen LogP contribution < -0.4 is 0 Å². The number of ether oxygens (including phenoxy) is 1.